The van der Waals surface area contributed by atoms with E-state index in [1.54, 1.807) is 41.9 Å². The van der Waals surface area contributed by atoms with Gasteiger partial charge in [0.15, 0.2) is 11.9 Å². The molecule has 1 aliphatic rings. The smallest absolute Gasteiger partial charge is 0.748 e. The van der Waals surface area contributed by atoms with E-state index < -0.39 is 37.4 Å². The Morgan fingerprint density at radius 1 is 0.815 bits per heavy atom. The average molecular weight is 815 g/mol. The molecular formula is C37H35N4NaO8S4. The predicted octanol–water partition coefficient (Wildman–Crippen LogP) is 1.21. The van der Waals surface area contributed by atoms with Gasteiger partial charge in [0.05, 0.1) is 37.2 Å². The summed E-state index contributed by atoms with van der Waals surface area (Å²) in [6.07, 6.45) is 11.8. The van der Waals surface area contributed by atoms with Crippen molar-refractivity contribution in [1.29, 1.82) is 0 Å². The Kier molecular flexibility index (Phi) is 14.5. The summed E-state index contributed by atoms with van der Waals surface area (Å²) in [6, 6.07) is 25.0. The summed E-state index contributed by atoms with van der Waals surface area (Å²) in [5, 5.41) is 6.48. The van der Waals surface area contributed by atoms with E-state index in [1.807, 2.05) is 89.8 Å². The van der Waals surface area contributed by atoms with Crippen LogP contribution in [0.5, 0.6) is 0 Å². The Labute approximate surface area is 343 Å². The molecular weight excluding hydrogens is 780 g/mol. The summed E-state index contributed by atoms with van der Waals surface area (Å²) in [5.41, 5.74) is 2.30. The van der Waals surface area contributed by atoms with Gasteiger partial charge in [-0.25, -0.2) is 21.6 Å². The van der Waals surface area contributed by atoms with Gasteiger partial charge in [-0.1, -0.05) is 77.7 Å². The number of aromatic nitrogens is 2. The number of hydrogen-bond acceptors (Lipinski definition) is 12. The standard InChI is InChI=1S/C37H36N4O8S4.Na/c42-37-31(21-22-36-40(24-9-11-26-53(46,47)48)30-16-5-7-18-33(30)51-36)41(38-27-28-13-2-1-3-14-28)34(49-37)19-12-20-35-39(23-8-10-25-52(43,44)45)29-15-4-6-17-32(29)50-35;/h1-7,12-22,27H,8-11,23-26H2,(H-,43,44,45,46,47,48);/q;+1/p-1. The van der Waals surface area contributed by atoms with Crippen LogP contribution in [0.2, 0.25) is 0 Å². The van der Waals surface area contributed by atoms with Crippen molar-refractivity contribution in [3.8, 4) is 0 Å². The third-order valence-electron chi connectivity index (χ3n) is 8.15. The van der Waals surface area contributed by atoms with E-state index >= 15 is 0 Å². The Balaban J connectivity index is 0.00000561. The van der Waals surface area contributed by atoms with Crippen molar-refractivity contribution in [2.75, 3.05) is 23.0 Å². The molecule has 2 aromatic heterocycles. The van der Waals surface area contributed by atoms with E-state index in [0.717, 1.165) is 36.4 Å². The summed E-state index contributed by atoms with van der Waals surface area (Å²) < 4.78 is 77.1. The van der Waals surface area contributed by atoms with Crippen LogP contribution in [0.3, 0.4) is 0 Å². The molecule has 12 nitrogen and oxygen atoms in total. The predicted molar refractivity (Wildman–Crippen MR) is 207 cm³/mol. The monoisotopic (exact) mass is 814 g/mol. The van der Waals surface area contributed by atoms with E-state index in [9.17, 15) is 30.7 Å². The van der Waals surface area contributed by atoms with Crippen LogP contribution in [0.1, 0.15) is 36.3 Å². The van der Waals surface area contributed by atoms with Crippen molar-refractivity contribution < 1.29 is 64.5 Å². The van der Waals surface area contributed by atoms with E-state index in [0.29, 0.717) is 25.9 Å². The zero-order chi connectivity index (χ0) is 37.4. The summed E-state index contributed by atoms with van der Waals surface area (Å²) >= 11 is 3.06. The van der Waals surface area contributed by atoms with Crippen LogP contribution in [0.15, 0.2) is 115 Å². The number of aryl methyl sites for hydroxylation is 1. The topological polar surface area (TPSA) is 169 Å². The number of thioether (sulfide) groups is 1. The SMILES string of the molecule is O=c1oc(=CC=Cc2sc3ccccc3[n+]2CCCCS(=O)(=O)[O-])n(N=Cc2ccccc2)c1=CC=C1Sc2ccccc2N1CCCCS(=O)(=O)[O-].[Na+]. The van der Waals surface area contributed by atoms with Crippen molar-refractivity contribution in [2.45, 2.75) is 37.1 Å². The third kappa shape index (κ3) is 11.2. The second kappa shape index (κ2) is 18.8. The number of para-hydroxylation sites is 2. The molecule has 3 heterocycles. The maximum Gasteiger partial charge on any atom is 1.00 e. The summed E-state index contributed by atoms with van der Waals surface area (Å²) in [5.74, 6) is -0.844. The normalized spacial score (nSPS) is 14.9. The summed E-state index contributed by atoms with van der Waals surface area (Å²) in [6.45, 7) is 0.983. The van der Waals surface area contributed by atoms with E-state index in [2.05, 4.69) is 9.67 Å². The fraction of sp³-hybridized carbons (Fsp3) is 0.216. The molecule has 0 bridgehead atoms. The van der Waals surface area contributed by atoms with Crippen LogP contribution in [-0.4, -0.2) is 54.9 Å². The number of unbranched alkanes of at least 4 members (excludes halogenated alkanes) is 2. The quantitative estimate of drug-likeness (QED) is 0.0493. The van der Waals surface area contributed by atoms with Crippen LogP contribution in [0, 0.1) is 0 Å². The molecule has 0 spiro atoms. The molecule has 0 N–H and O–H groups in total. The maximum absolute atomic E-state index is 13.4. The Hall–Kier alpha value is -3.58. The number of thiazole rings is 1. The minimum absolute atomic E-state index is 0. The van der Waals surface area contributed by atoms with Gasteiger partial charge in [-0.3, -0.25) is 0 Å². The molecule has 0 aliphatic carbocycles. The van der Waals surface area contributed by atoms with Crippen LogP contribution < -0.4 is 55.5 Å². The molecule has 17 heteroatoms. The van der Waals surface area contributed by atoms with E-state index in [1.165, 1.54) is 16.4 Å². The van der Waals surface area contributed by atoms with Crippen molar-refractivity contribution in [3.63, 3.8) is 0 Å². The number of hydrogen-bond donors (Lipinski definition) is 0. The van der Waals surface area contributed by atoms with Gasteiger partial charge >= 0.3 is 35.2 Å². The van der Waals surface area contributed by atoms with Gasteiger partial charge in [0.2, 0.25) is 11.1 Å². The van der Waals surface area contributed by atoms with Crippen molar-refractivity contribution in [2.24, 2.45) is 5.10 Å². The van der Waals surface area contributed by atoms with E-state index in [4.69, 9.17) is 4.42 Å². The van der Waals surface area contributed by atoms with Crippen molar-refractivity contribution >= 4 is 83.7 Å². The average Bonchev–Trinajstić information content (AvgIpc) is 3.76. The molecule has 0 fully saturated rings. The van der Waals surface area contributed by atoms with Crippen LogP contribution >= 0.6 is 23.1 Å². The van der Waals surface area contributed by atoms with Gasteiger partial charge in [-0.15, -0.1) is 0 Å². The van der Waals surface area contributed by atoms with Gasteiger partial charge in [0.1, 0.15) is 4.70 Å². The number of nitrogens with zero attached hydrogens (tertiary/aromatic N) is 4. The van der Waals surface area contributed by atoms with Crippen molar-refractivity contribution in [3.05, 3.63) is 128 Å². The van der Waals surface area contributed by atoms with Gasteiger partial charge in [-0.2, -0.15) is 14.3 Å². The molecule has 54 heavy (non-hydrogen) atoms. The molecule has 5 aromatic rings. The number of fused-ring (bicyclic) bond motifs is 2. The van der Waals surface area contributed by atoms with Gasteiger partial charge in [0.25, 0.3) is 5.01 Å². The fourth-order valence-corrected chi connectivity index (χ4v) is 9.00. The first-order chi connectivity index (χ1) is 25.4. The van der Waals surface area contributed by atoms with Gasteiger partial charge < -0.3 is 18.4 Å². The van der Waals surface area contributed by atoms with Crippen LogP contribution in [0.4, 0.5) is 5.69 Å². The zero-order valence-electron chi connectivity index (χ0n) is 29.3. The molecule has 0 saturated carbocycles. The number of anilines is 1. The summed E-state index contributed by atoms with van der Waals surface area (Å²) in [4.78, 5) is 16.4. The first kappa shape index (κ1) is 41.6. The number of rotatable bonds is 15. The number of benzene rings is 3. The molecule has 3 aromatic carbocycles. The molecule has 0 amide bonds. The Morgan fingerprint density at radius 3 is 2.26 bits per heavy atom. The van der Waals surface area contributed by atoms with E-state index in [-0.39, 0.29) is 53.3 Å². The first-order valence-corrected chi connectivity index (χ1v) is 21.5. The second-order valence-electron chi connectivity index (χ2n) is 12.0. The third-order valence-corrected chi connectivity index (χ3v) is 12.0. The maximum atomic E-state index is 13.4. The minimum atomic E-state index is -4.31. The van der Waals surface area contributed by atoms with Crippen LogP contribution in [-0.2, 0) is 26.8 Å². The molecule has 1 aliphatic heterocycles. The minimum Gasteiger partial charge on any atom is -0.748 e. The van der Waals surface area contributed by atoms with Gasteiger partial charge in [-0.05, 0) is 61.3 Å². The largest absolute Gasteiger partial charge is 1.00 e. The summed E-state index contributed by atoms with van der Waals surface area (Å²) in [7, 11) is -8.59. The number of oxazole rings is 1. The number of allylic oxidation sites excluding steroid dienone is 2. The van der Waals surface area contributed by atoms with Crippen molar-refractivity contribution in [1.82, 2.24) is 4.68 Å². The Bertz CT molecular complexity index is 2600. The molecule has 6 rings (SSSR count). The van der Waals surface area contributed by atoms with Crippen LogP contribution in [0.25, 0.3) is 28.4 Å². The first-order valence-electron chi connectivity index (χ1n) is 16.7. The molecule has 276 valence electrons. The second-order valence-corrected chi connectivity index (χ2v) is 17.2. The Morgan fingerprint density at radius 2 is 1.50 bits per heavy atom. The fourth-order valence-electron chi connectivity index (χ4n) is 5.70. The molecule has 0 saturated heterocycles. The molecule has 0 unspecified atom stereocenters. The molecule has 0 radical (unpaired) electrons. The zero-order valence-corrected chi connectivity index (χ0v) is 34.6. The van der Waals surface area contributed by atoms with Gasteiger partial charge in [0, 0.05) is 47.6 Å². The molecule has 0 atom stereocenters.